The minimum atomic E-state index is -0.994. The van der Waals surface area contributed by atoms with E-state index in [1.807, 2.05) is 4.40 Å². The molecule has 1 aliphatic heterocycles. The Bertz CT molecular complexity index is 656. The van der Waals surface area contributed by atoms with Gasteiger partial charge in [0.15, 0.2) is 5.69 Å². The van der Waals surface area contributed by atoms with Gasteiger partial charge in [-0.05, 0) is 45.1 Å². The molecule has 20 heavy (non-hydrogen) atoms. The number of hydrogen-bond acceptors (Lipinski definition) is 4. The molecule has 0 aliphatic carbocycles. The lowest BCUT2D eigenvalue weighted by Gasteiger charge is -2.28. The van der Waals surface area contributed by atoms with Crippen LogP contribution in [0.4, 0.5) is 5.69 Å². The third-order valence-corrected chi connectivity index (χ3v) is 3.97. The summed E-state index contributed by atoms with van der Waals surface area (Å²) >= 11 is 0. The minimum absolute atomic E-state index is 0.110. The first-order valence-corrected chi connectivity index (χ1v) is 6.75. The van der Waals surface area contributed by atoms with E-state index in [4.69, 9.17) is 5.73 Å². The Hall–Kier alpha value is -2.08. The number of anilines is 1. The second-order valence-corrected chi connectivity index (χ2v) is 5.42. The number of nitrogens with zero attached hydrogens (tertiary/aromatic N) is 3. The molecule has 6 heteroatoms. The van der Waals surface area contributed by atoms with Crippen molar-refractivity contribution in [1.29, 1.82) is 0 Å². The van der Waals surface area contributed by atoms with Gasteiger partial charge in [-0.25, -0.2) is 9.78 Å². The number of likely N-dealkylation sites (tertiary alicyclic amines) is 1. The molecule has 0 radical (unpaired) electrons. The van der Waals surface area contributed by atoms with Crippen molar-refractivity contribution >= 4 is 17.2 Å². The number of pyridine rings is 1. The number of rotatable bonds is 2. The third kappa shape index (κ3) is 2.12. The number of carboxylic acid groups (broad SMARTS) is 1. The van der Waals surface area contributed by atoms with E-state index in [-0.39, 0.29) is 11.6 Å². The van der Waals surface area contributed by atoms with Gasteiger partial charge in [-0.1, -0.05) is 0 Å². The molecular formula is C14H18N4O2. The Labute approximate surface area is 116 Å². The Morgan fingerprint density at radius 2 is 2.10 bits per heavy atom. The monoisotopic (exact) mass is 274 g/mol. The summed E-state index contributed by atoms with van der Waals surface area (Å²) in [7, 11) is 2.10. The van der Waals surface area contributed by atoms with Crippen molar-refractivity contribution in [3.8, 4) is 0 Å². The molecule has 0 spiro atoms. The second-order valence-electron chi connectivity index (χ2n) is 5.42. The van der Waals surface area contributed by atoms with Crippen LogP contribution in [0.1, 0.15) is 35.1 Å². The first kappa shape index (κ1) is 12.9. The highest BCUT2D eigenvalue weighted by Crippen LogP contribution is 2.29. The van der Waals surface area contributed by atoms with Gasteiger partial charge in [-0.3, -0.25) is 0 Å². The van der Waals surface area contributed by atoms with Gasteiger partial charge in [0, 0.05) is 17.8 Å². The summed E-state index contributed by atoms with van der Waals surface area (Å²) in [6, 6.07) is 3.44. The number of nitrogens with two attached hydrogens (primary N) is 1. The lowest BCUT2D eigenvalue weighted by Crippen LogP contribution is -2.30. The van der Waals surface area contributed by atoms with Crippen LogP contribution in [-0.2, 0) is 0 Å². The molecule has 0 saturated carbocycles. The van der Waals surface area contributed by atoms with Gasteiger partial charge in [0.05, 0.1) is 5.52 Å². The van der Waals surface area contributed by atoms with E-state index in [9.17, 15) is 9.90 Å². The third-order valence-electron chi connectivity index (χ3n) is 3.97. The standard InChI is InChI=1S/C14H18N4O2/c1-17-6-4-9(5-7-17)13-16-12(14(19)20)11-3-2-10(15)8-18(11)13/h2-3,8-9H,4-7,15H2,1H3,(H,19,20). The van der Waals surface area contributed by atoms with E-state index >= 15 is 0 Å². The van der Waals surface area contributed by atoms with Crippen LogP contribution in [0, 0.1) is 0 Å². The summed E-state index contributed by atoms with van der Waals surface area (Å²) in [5, 5.41) is 9.29. The Kier molecular flexibility index (Phi) is 3.10. The molecule has 3 rings (SSSR count). The summed E-state index contributed by atoms with van der Waals surface area (Å²) in [6.07, 6.45) is 3.75. The Morgan fingerprint density at radius 3 is 2.75 bits per heavy atom. The fraction of sp³-hybridized carbons (Fsp3) is 0.429. The topological polar surface area (TPSA) is 83.9 Å². The summed E-state index contributed by atoms with van der Waals surface area (Å²) in [5.41, 5.74) is 7.16. The van der Waals surface area contributed by atoms with Crippen LogP contribution in [0.5, 0.6) is 0 Å². The van der Waals surface area contributed by atoms with E-state index < -0.39 is 5.97 Å². The smallest absolute Gasteiger partial charge is 0.356 e. The number of fused-ring (bicyclic) bond motifs is 1. The van der Waals surface area contributed by atoms with Crippen LogP contribution < -0.4 is 5.73 Å². The van der Waals surface area contributed by atoms with Gasteiger partial charge in [0.2, 0.25) is 0 Å². The van der Waals surface area contributed by atoms with E-state index in [0.29, 0.717) is 11.2 Å². The van der Waals surface area contributed by atoms with Gasteiger partial charge in [0.25, 0.3) is 0 Å². The molecule has 1 saturated heterocycles. The first-order valence-electron chi connectivity index (χ1n) is 6.75. The fourth-order valence-corrected chi connectivity index (χ4v) is 2.84. The minimum Gasteiger partial charge on any atom is -0.476 e. The molecule has 0 bridgehead atoms. The predicted molar refractivity (Wildman–Crippen MR) is 76.0 cm³/mol. The highest BCUT2D eigenvalue weighted by atomic mass is 16.4. The zero-order valence-corrected chi connectivity index (χ0v) is 11.4. The maximum Gasteiger partial charge on any atom is 0.356 e. The average Bonchev–Trinajstić information content (AvgIpc) is 2.78. The molecular weight excluding hydrogens is 256 g/mol. The van der Waals surface area contributed by atoms with Gasteiger partial charge in [-0.15, -0.1) is 0 Å². The normalized spacial score (nSPS) is 17.6. The van der Waals surface area contributed by atoms with Crippen LogP contribution in [0.3, 0.4) is 0 Å². The molecule has 0 atom stereocenters. The quantitative estimate of drug-likeness (QED) is 0.865. The number of nitrogen functional groups attached to an aromatic ring is 1. The molecule has 6 nitrogen and oxygen atoms in total. The van der Waals surface area contributed by atoms with Crippen molar-refractivity contribution in [3.05, 3.63) is 29.8 Å². The summed E-state index contributed by atoms with van der Waals surface area (Å²) in [5.74, 6) is 0.109. The predicted octanol–water partition coefficient (Wildman–Crippen LogP) is 1.42. The van der Waals surface area contributed by atoms with Crippen molar-refractivity contribution in [2.75, 3.05) is 25.9 Å². The van der Waals surface area contributed by atoms with E-state index in [2.05, 4.69) is 16.9 Å². The Balaban J connectivity index is 2.10. The van der Waals surface area contributed by atoms with Crippen LogP contribution in [0.15, 0.2) is 18.3 Å². The molecule has 2 aromatic heterocycles. The van der Waals surface area contributed by atoms with E-state index in [1.54, 1.807) is 18.3 Å². The maximum absolute atomic E-state index is 11.3. The molecule has 0 amide bonds. The van der Waals surface area contributed by atoms with Gasteiger partial charge in [0.1, 0.15) is 5.82 Å². The second kappa shape index (κ2) is 4.79. The number of aromatic carboxylic acids is 1. The first-order chi connectivity index (χ1) is 9.56. The van der Waals surface area contributed by atoms with Crippen molar-refractivity contribution in [2.24, 2.45) is 0 Å². The molecule has 1 aliphatic rings. The zero-order chi connectivity index (χ0) is 14.3. The summed E-state index contributed by atoms with van der Waals surface area (Å²) in [6.45, 7) is 2.01. The largest absolute Gasteiger partial charge is 0.476 e. The van der Waals surface area contributed by atoms with Crippen molar-refractivity contribution in [3.63, 3.8) is 0 Å². The van der Waals surface area contributed by atoms with Gasteiger partial charge < -0.3 is 20.1 Å². The highest BCUT2D eigenvalue weighted by Gasteiger charge is 2.25. The molecule has 3 N–H and O–H groups in total. The highest BCUT2D eigenvalue weighted by molar-refractivity contribution is 5.93. The zero-order valence-electron chi connectivity index (χ0n) is 11.4. The van der Waals surface area contributed by atoms with Crippen molar-refractivity contribution < 1.29 is 9.90 Å². The summed E-state index contributed by atoms with van der Waals surface area (Å²) < 4.78 is 1.84. The molecule has 3 heterocycles. The molecule has 2 aromatic rings. The fourth-order valence-electron chi connectivity index (χ4n) is 2.84. The Morgan fingerprint density at radius 1 is 1.40 bits per heavy atom. The number of carboxylic acids is 1. The number of piperidine rings is 1. The van der Waals surface area contributed by atoms with Gasteiger partial charge in [-0.2, -0.15) is 0 Å². The van der Waals surface area contributed by atoms with Crippen molar-refractivity contribution in [1.82, 2.24) is 14.3 Å². The maximum atomic E-state index is 11.3. The number of aromatic nitrogens is 2. The van der Waals surface area contributed by atoms with Crippen LogP contribution in [0.25, 0.3) is 5.52 Å². The van der Waals surface area contributed by atoms with Gasteiger partial charge >= 0.3 is 5.97 Å². The number of carbonyl (C=O) groups is 1. The lowest BCUT2D eigenvalue weighted by molar-refractivity contribution is 0.0693. The summed E-state index contributed by atoms with van der Waals surface area (Å²) in [4.78, 5) is 18.0. The SMILES string of the molecule is CN1CCC(c2nc(C(=O)O)c3ccc(N)cn23)CC1. The van der Waals surface area contributed by atoms with Crippen LogP contribution in [0.2, 0.25) is 0 Å². The van der Waals surface area contributed by atoms with Crippen LogP contribution in [-0.4, -0.2) is 45.5 Å². The lowest BCUT2D eigenvalue weighted by atomic mass is 9.96. The average molecular weight is 274 g/mol. The molecule has 0 unspecified atom stereocenters. The molecule has 106 valence electrons. The molecule has 0 aromatic carbocycles. The van der Waals surface area contributed by atoms with E-state index in [0.717, 1.165) is 31.8 Å². The number of imidazole rings is 1. The van der Waals surface area contributed by atoms with E-state index in [1.165, 1.54) is 0 Å². The molecule has 1 fully saturated rings. The number of hydrogen-bond donors (Lipinski definition) is 2. The van der Waals surface area contributed by atoms with Crippen LogP contribution >= 0.6 is 0 Å². The van der Waals surface area contributed by atoms with Crippen molar-refractivity contribution in [2.45, 2.75) is 18.8 Å².